The zero-order valence-electron chi connectivity index (χ0n) is 6.89. The molecule has 0 fully saturated rings. The maximum Gasteiger partial charge on any atom is 0.141 e. The van der Waals surface area contributed by atoms with Gasteiger partial charge >= 0.3 is 0 Å². The molecule has 0 amide bonds. The number of terminal acetylenes is 1. The second-order valence-electron chi connectivity index (χ2n) is 2.38. The molecular formula is C10H8ClFS. The standard InChI is InChI=1S/C10H8ClFS/c1-2-3-6-13-8-4-5-10(12)9(11)7-8/h1,4-5,7H,3,6H2. The van der Waals surface area contributed by atoms with Gasteiger partial charge in [0, 0.05) is 17.1 Å². The van der Waals surface area contributed by atoms with Crippen LogP contribution in [0.1, 0.15) is 6.42 Å². The summed E-state index contributed by atoms with van der Waals surface area (Å²) in [4.78, 5) is 0.946. The smallest absolute Gasteiger partial charge is 0.141 e. The summed E-state index contributed by atoms with van der Waals surface area (Å²) in [6.45, 7) is 0. The summed E-state index contributed by atoms with van der Waals surface area (Å²) >= 11 is 7.17. The lowest BCUT2D eigenvalue weighted by atomic mass is 10.3. The fraction of sp³-hybridized carbons (Fsp3) is 0.200. The van der Waals surface area contributed by atoms with Crippen LogP contribution in [0.2, 0.25) is 5.02 Å². The van der Waals surface area contributed by atoms with Gasteiger partial charge in [-0.15, -0.1) is 24.1 Å². The third kappa shape index (κ3) is 3.30. The van der Waals surface area contributed by atoms with Gasteiger partial charge < -0.3 is 0 Å². The Bertz CT molecular complexity index is 330. The maximum atomic E-state index is 12.7. The van der Waals surface area contributed by atoms with Crippen LogP contribution in [0.25, 0.3) is 0 Å². The minimum Gasteiger partial charge on any atom is -0.205 e. The molecule has 0 spiro atoms. The largest absolute Gasteiger partial charge is 0.205 e. The van der Waals surface area contributed by atoms with Crippen molar-refractivity contribution in [3.63, 3.8) is 0 Å². The molecule has 0 atom stereocenters. The Kier molecular flexibility index (Phi) is 4.14. The van der Waals surface area contributed by atoms with Crippen LogP contribution < -0.4 is 0 Å². The van der Waals surface area contributed by atoms with Crippen molar-refractivity contribution in [1.29, 1.82) is 0 Å². The summed E-state index contributed by atoms with van der Waals surface area (Å²) in [6.07, 6.45) is 5.81. The molecule has 0 bridgehead atoms. The summed E-state index contributed by atoms with van der Waals surface area (Å²) in [5.74, 6) is 2.98. The van der Waals surface area contributed by atoms with E-state index in [1.807, 2.05) is 0 Å². The molecule has 1 aromatic rings. The summed E-state index contributed by atoms with van der Waals surface area (Å²) in [5.41, 5.74) is 0. The van der Waals surface area contributed by atoms with Gasteiger partial charge in [-0.2, -0.15) is 0 Å². The SMILES string of the molecule is C#CCCSc1ccc(F)c(Cl)c1. The van der Waals surface area contributed by atoms with Crippen molar-refractivity contribution < 1.29 is 4.39 Å². The van der Waals surface area contributed by atoms with Crippen LogP contribution in [0.5, 0.6) is 0 Å². The summed E-state index contributed by atoms with van der Waals surface area (Å²) in [7, 11) is 0. The van der Waals surface area contributed by atoms with Crippen molar-refractivity contribution in [1.82, 2.24) is 0 Å². The predicted molar refractivity (Wildman–Crippen MR) is 55.6 cm³/mol. The zero-order valence-corrected chi connectivity index (χ0v) is 8.46. The Hall–Kier alpha value is -0.650. The fourth-order valence-corrected chi connectivity index (χ4v) is 1.86. The molecule has 13 heavy (non-hydrogen) atoms. The first kappa shape index (κ1) is 10.4. The van der Waals surface area contributed by atoms with E-state index in [-0.39, 0.29) is 10.8 Å². The highest BCUT2D eigenvalue weighted by Crippen LogP contribution is 2.24. The molecule has 0 heterocycles. The fourth-order valence-electron chi connectivity index (χ4n) is 0.794. The molecule has 3 heteroatoms. The minimum absolute atomic E-state index is 0.158. The second kappa shape index (κ2) is 5.16. The highest BCUT2D eigenvalue weighted by Gasteiger charge is 2.00. The molecule has 0 N–H and O–H groups in total. The number of hydrogen-bond acceptors (Lipinski definition) is 1. The van der Waals surface area contributed by atoms with Crippen LogP contribution in [-0.2, 0) is 0 Å². The Balaban J connectivity index is 2.59. The number of benzene rings is 1. The van der Waals surface area contributed by atoms with Crippen molar-refractivity contribution in [2.45, 2.75) is 11.3 Å². The Morgan fingerprint density at radius 1 is 1.54 bits per heavy atom. The topological polar surface area (TPSA) is 0 Å². The third-order valence-corrected chi connectivity index (χ3v) is 2.69. The molecule has 0 aromatic heterocycles. The van der Waals surface area contributed by atoms with Crippen molar-refractivity contribution in [3.8, 4) is 12.3 Å². The van der Waals surface area contributed by atoms with E-state index in [4.69, 9.17) is 18.0 Å². The van der Waals surface area contributed by atoms with E-state index in [0.717, 1.165) is 10.6 Å². The van der Waals surface area contributed by atoms with Gasteiger partial charge in [0.1, 0.15) is 5.82 Å². The molecule has 0 aliphatic heterocycles. The first-order valence-electron chi connectivity index (χ1n) is 3.75. The van der Waals surface area contributed by atoms with E-state index in [0.29, 0.717) is 6.42 Å². The molecule has 1 rings (SSSR count). The molecule has 0 aliphatic carbocycles. The maximum absolute atomic E-state index is 12.7. The van der Waals surface area contributed by atoms with Crippen LogP contribution >= 0.6 is 23.4 Å². The van der Waals surface area contributed by atoms with E-state index in [2.05, 4.69) is 5.92 Å². The first-order valence-corrected chi connectivity index (χ1v) is 5.11. The monoisotopic (exact) mass is 214 g/mol. The average molecular weight is 215 g/mol. The zero-order chi connectivity index (χ0) is 9.68. The van der Waals surface area contributed by atoms with Gasteiger partial charge in [0.2, 0.25) is 0 Å². The van der Waals surface area contributed by atoms with E-state index in [1.54, 1.807) is 23.9 Å². The third-order valence-electron chi connectivity index (χ3n) is 1.41. The average Bonchev–Trinajstić information content (AvgIpc) is 2.12. The Morgan fingerprint density at radius 2 is 2.31 bits per heavy atom. The summed E-state index contributed by atoms with van der Waals surface area (Å²) in [6, 6.07) is 4.67. The normalized spacial score (nSPS) is 9.62. The Labute approximate surface area is 86.5 Å². The van der Waals surface area contributed by atoms with Gasteiger partial charge in [0.25, 0.3) is 0 Å². The number of rotatable bonds is 3. The van der Waals surface area contributed by atoms with Gasteiger partial charge in [-0.3, -0.25) is 0 Å². The molecule has 0 saturated heterocycles. The lowest BCUT2D eigenvalue weighted by Crippen LogP contribution is -1.80. The van der Waals surface area contributed by atoms with Gasteiger partial charge in [0.15, 0.2) is 0 Å². The highest BCUT2D eigenvalue weighted by molar-refractivity contribution is 7.99. The van der Waals surface area contributed by atoms with Crippen molar-refractivity contribution >= 4 is 23.4 Å². The lowest BCUT2D eigenvalue weighted by Gasteiger charge is -2.00. The van der Waals surface area contributed by atoms with Crippen LogP contribution in [0.15, 0.2) is 23.1 Å². The lowest BCUT2D eigenvalue weighted by molar-refractivity contribution is 0.627. The molecule has 0 saturated carbocycles. The van der Waals surface area contributed by atoms with Crippen LogP contribution in [0.4, 0.5) is 4.39 Å². The first-order chi connectivity index (χ1) is 6.24. The molecule has 0 aliphatic rings. The molecule has 1 aromatic carbocycles. The van der Waals surface area contributed by atoms with Gasteiger partial charge in [-0.05, 0) is 18.2 Å². The highest BCUT2D eigenvalue weighted by atomic mass is 35.5. The molecule has 0 nitrogen and oxygen atoms in total. The number of thioether (sulfide) groups is 1. The van der Waals surface area contributed by atoms with Crippen molar-refractivity contribution in [3.05, 3.63) is 29.0 Å². The van der Waals surface area contributed by atoms with Crippen molar-refractivity contribution in [2.75, 3.05) is 5.75 Å². The quantitative estimate of drug-likeness (QED) is 0.421. The number of halogens is 2. The molecule has 0 radical (unpaired) electrons. The van der Waals surface area contributed by atoms with E-state index >= 15 is 0 Å². The van der Waals surface area contributed by atoms with Crippen LogP contribution in [-0.4, -0.2) is 5.75 Å². The second-order valence-corrected chi connectivity index (χ2v) is 3.95. The van der Waals surface area contributed by atoms with Gasteiger partial charge in [-0.25, -0.2) is 4.39 Å². The van der Waals surface area contributed by atoms with Crippen molar-refractivity contribution in [2.24, 2.45) is 0 Å². The van der Waals surface area contributed by atoms with Gasteiger partial charge in [0.05, 0.1) is 5.02 Å². The van der Waals surface area contributed by atoms with Crippen LogP contribution in [0, 0.1) is 18.2 Å². The van der Waals surface area contributed by atoms with E-state index in [1.165, 1.54) is 6.07 Å². The number of hydrogen-bond donors (Lipinski definition) is 0. The predicted octanol–water partition coefficient (Wildman–Crippen LogP) is 3.59. The molecule has 0 unspecified atom stereocenters. The summed E-state index contributed by atoms with van der Waals surface area (Å²) < 4.78 is 12.7. The minimum atomic E-state index is -0.386. The van der Waals surface area contributed by atoms with Crippen LogP contribution in [0.3, 0.4) is 0 Å². The Morgan fingerprint density at radius 3 is 2.92 bits per heavy atom. The van der Waals surface area contributed by atoms with E-state index in [9.17, 15) is 4.39 Å². The molecule has 68 valence electrons. The van der Waals surface area contributed by atoms with E-state index < -0.39 is 0 Å². The summed E-state index contributed by atoms with van der Waals surface area (Å²) in [5, 5.41) is 0.158. The van der Waals surface area contributed by atoms with Gasteiger partial charge in [-0.1, -0.05) is 11.6 Å². The molecular weight excluding hydrogens is 207 g/mol.